The Morgan fingerprint density at radius 1 is 0.944 bits per heavy atom. The fourth-order valence-electron chi connectivity index (χ4n) is 11.3. The first-order valence-corrected chi connectivity index (χ1v) is 19.8. The third kappa shape index (κ3) is 4.71. The first-order chi connectivity index (χ1) is 25.9. The van der Waals surface area contributed by atoms with Gasteiger partial charge in [-0.15, -0.1) is 5.06 Å². The molecule has 0 bridgehead atoms. The highest BCUT2D eigenvalue weighted by atomic mass is 16.7. The van der Waals surface area contributed by atoms with Gasteiger partial charge in [-0.3, -0.25) is 9.59 Å². The maximum Gasteiger partial charge on any atom is 0.333 e. The molecule has 4 unspecified atom stereocenters. The monoisotopic (exact) mass is 722 g/mol. The summed E-state index contributed by atoms with van der Waals surface area (Å²) in [7, 11) is 0. The summed E-state index contributed by atoms with van der Waals surface area (Å²) in [5, 5.41) is 3.26. The number of carbonyl (C=O) groups excluding carboxylic acids is 3. The fraction of sp³-hybridized carbons (Fsp3) is 0.435. The van der Waals surface area contributed by atoms with Gasteiger partial charge in [0.1, 0.15) is 6.10 Å². The van der Waals surface area contributed by atoms with Crippen molar-refractivity contribution in [1.82, 2.24) is 5.06 Å². The number of carbonyl (C=O) groups is 3. The number of benzene rings is 3. The molecular weight excluding hydrogens is 675 g/mol. The van der Waals surface area contributed by atoms with E-state index in [-0.39, 0.29) is 47.7 Å². The molecule has 0 spiro atoms. The van der Waals surface area contributed by atoms with Crippen molar-refractivity contribution in [3.63, 3.8) is 0 Å². The third-order valence-electron chi connectivity index (χ3n) is 13.6. The second-order valence-electron chi connectivity index (χ2n) is 17.9. The Balaban J connectivity index is 1.04. The predicted molar refractivity (Wildman–Crippen MR) is 207 cm³/mol. The smallest absolute Gasteiger partial charge is 0.333 e. The van der Waals surface area contributed by atoms with Gasteiger partial charge in [0, 0.05) is 59.8 Å². The zero-order valence-electron chi connectivity index (χ0n) is 31.9. The molecule has 0 aromatic heterocycles. The van der Waals surface area contributed by atoms with Crippen LogP contribution >= 0.6 is 0 Å². The molecule has 8 nitrogen and oxygen atoms in total. The van der Waals surface area contributed by atoms with Gasteiger partial charge in [-0.25, -0.2) is 4.79 Å². The van der Waals surface area contributed by atoms with Crippen LogP contribution in [0.15, 0.2) is 95.2 Å². The number of nitrogens with zero attached hydrogens (tertiary/aromatic N) is 3. The summed E-state index contributed by atoms with van der Waals surface area (Å²) < 4.78 is 9.90. The van der Waals surface area contributed by atoms with E-state index < -0.39 is 17.8 Å². The standard InChI is InChI=1S/C46H48N3O5/c1-44(2)26-48-35-17-16-27-11-6-7-12-30(27)40(35)45(3,4)41(48)32-24-29-23-31-28(25-36(29)53-43(32)44)20-22-47-34-14-9-8-13-33(34)46(5,42(31)47)21-10-15-39(52)54-49-37(50)18-19-38(49)51/h6-9,11-14,16-17,23-24,28,36,43H,10,15,18-22,25-26H2,1-5H3/q+1. The molecule has 0 saturated carbocycles. The predicted octanol–water partition coefficient (Wildman–Crippen LogP) is 8.11. The van der Waals surface area contributed by atoms with Gasteiger partial charge < -0.3 is 14.5 Å². The maximum atomic E-state index is 12.9. The molecule has 3 aromatic carbocycles. The number of allylic oxidation sites excluding steroid dienone is 3. The lowest BCUT2D eigenvalue weighted by Gasteiger charge is -2.47. The topological polar surface area (TPSA) is 79.2 Å². The first-order valence-electron chi connectivity index (χ1n) is 19.8. The number of hydrogen-bond donors (Lipinski definition) is 0. The van der Waals surface area contributed by atoms with Crippen LogP contribution < -0.4 is 4.90 Å². The highest BCUT2D eigenvalue weighted by Crippen LogP contribution is 2.58. The van der Waals surface area contributed by atoms with Crippen LogP contribution in [0.25, 0.3) is 10.8 Å². The van der Waals surface area contributed by atoms with Crippen molar-refractivity contribution in [2.75, 3.05) is 18.0 Å². The van der Waals surface area contributed by atoms with E-state index >= 15 is 0 Å². The lowest BCUT2D eigenvalue weighted by atomic mass is 9.67. The van der Waals surface area contributed by atoms with E-state index in [4.69, 9.17) is 9.57 Å². The second kappa shape index (κ2) is 11.6. The number of amides is 2. The lowest BCUT2D eigenvalue weighted by molar-refractivity contribution is -0.466. The summed E-state index contributed by atoms with van der Waals surface area (Å²) in [5.41, 5.74) is 11.3. The Labute approximate surface area is 316 Å². The average molecular weight is 723 g/mol. The Bertz CT molecular complexity index is 2330. The van der Waals surface area contributed by atoms with Crippen molar-refractivity contribution < 1.29 is 28.5 Å². The quantitative estimate of drug-likeness (QED) is 0.196. The molecule has 7 aliphatic rings. The number of hydrogen-bond acceptors (Lipinski definition) is 6. The van der Waals surface area contributed by atoms with Crippen LogP contribution in [0.3, 0.4) is 0 Å². The molecule has 0 N–H and O–H groups in total. The normalized spacial score (nSPS) is 28.5. The number of rotatable bonds is 5. The third-order valence-corrected chi connectivity index (χ3v) is 13.6. The van der Waals surface area contributed by atoms with Crippen molar-refractivity contribution in [2.45, 2.75) is 103 Å². The largest absolute Gasteiger partial charge is 0.365 e. The van der Waals surface area contributed by atoms with E-state index in [1.54, 1.807) is 0 Å². The Hall–Kier alpha value is -4.82. The van der Waals surface area contributed by atoms with E-state index in [0.717, 1.165) is 32.4 Å². The van der Waals surface area contributed by atoms with Crippen molar-refractivity contribution >= 4 is 45.6 Å². The SMILES string of the molecule is CC1(C)C2=[N+](CC(C)(C)C3OC4CC5CCN6C(=C5C=C4C=C23)C(C)(CCCC(=O)ON2C(=O)CCC2=O)c2ccccc26)c2ccc3ccccc3c21. The minimum absolute atomic E-state index is 0.00643. The number of imide groups is 1. The molecule has 3 aromatic rings. The molecule has 1 aliphatic carbocycles. The molecule has 6 heterocycles. The molecular formula is C46H48N3O5+. The molecule has 1 saturated heterocycles. The van der Waals surface area contributed by atoms with Gasteiger partial charge in [0.25, 0.3) is 11.8 Å². The minimum Gasteiger partial charge on any atom is -0.365 e. The number of fused-ring (bicyclic) bond motifs is 11. The van der Waals surface area contributed by atoms with Crippen LogP contribution in [0.2, 0.25) is 0 Å². The Morgan fingerprint density at radius 2 is 1.70 bits per heavy atom. The van der Waals surface area contributed by atoms with Crippen molar-refractivity contribution in [3.8, 4) is 0 Å². The van der Waals surface area contributed by atoms with Crippen LogP contribution in [0.1, 0.15) is 90.7 Å². The van der Waals surface area contributed by atoms with Gasteiger partial charge in [0.05, 0.1) is 16.9 Å². The van der Waals surface area contributed by atoms with E-state index in [1.807, 2.05) is 0 Å². The lowest BCUT2D eigenvalue weighted by Crippen LogP contribution is -2.53. The van der Waals surface area contributed by atoms with Gasteiger partial charge in [-0.2, -0.15) is 4.58 Å². The molecule has 10 rings (SSSR count). The molecule has 1 fully saturated rings. The Morgan fingerprint density at radius 3 is 2.52 bits per heavy atom. The Kier molecular flexibility index (Phi) is 7.24. The molecule has 4 atom stereocenters. The van der Waals surface area contributed by atoms with Crippen molar-refractivity contribution in [2.24, 2.45) is 11.3 Å². The number of ether oxygens (including phenoxy) is 1. The molecule has 6 aliphatic heterocycles. The van der Waals surface area contributed by atoms with E-state index in [2.05, 4.69) is 117 Å². The van der Waals surface area contributed by atoms with Crippen LogP contribution in [0.4, 0.5) is 11.4 Å². The zero-order valence-corrected chi connectivity index (χ0v) is 31.9. The molecule has 54 heavy (non-hydrogen) atoms. The number of para-hydroxylation sites is 1. The number of hydroxylamine groups is 2. The van der Waals surface area contributed by atoms with Crippen LogP contribution in [-0.2, 0) is 34.8 Å². The van der Waals surface area contributed by atoms with Gasteiger partial charge >= 0.3 is 5.97 Å². The summed E-state index contributed by atoms with van der Waals surface area (Å²) in [4.78, 5) is 44.8. The highest BCUT2D eigenvalue weighted by molar-refractivity contribution is 6.12. The zero-order chi connectivity index (χ0) is 37.3. The second-order valence-corrected chi connectivity index (χ2v) is 17.9. The molecule has 276 valence electrons. The molecule has 2 amide bonds. The van der Waals surface area contributed by atoms with E-state index in [9.17, 15) is 14.4 Å². The summed E-state index contributed by atoms with van der Waals surface area (Å²) >= 11 is 0. The van der Waals surface area contributed by atoms with Crippen LogP contribution in [-0.4, -0.2) is 58.4 Å². The van der Waals surface area contributed by atoms with Crippen molar-refractivity contribution in [1.29, 1.82) is 0 Å². The van der Waals surface area contributed by atoms with E-state index in [0.29, 0.717) is 17.4 Å². The minimum atomic E-state index is -0.542. The highest BCUT2D eigenvalue weighted by Gasteiger charge is 2.59. The summed E-state index contributed by atoms with van der Waals surface area (Å²) in [5.74, 6) is -1.07. The van der Waals surface area contributed by atoms with Gasteiger partial charge in [-0.05, 0) is 98.1 Å². The van der Waals surface area contributed by atoms with E-state index in [1.165, 1.54) is 61.4 Å². The number of anilines is 1. The van der Waals surface area contributed by atoms with Gasteiger partial charge in [0.2, 0.25) is 5.69 Å². The molecule has 0 radical (unpaired) electrons. The summed E-state index contributed by atoms with van der Waals surface area (Å²) in [6.45, 7) is 13.7. The molecule has 8 heteroatoms. The summed E-state index contributed by atoms with van der Waals surface area (Å²) in [6, 6.07) is 22.1. The van der Waals surface area contributed by atoms with Gasteiger partial charge in [-0.1, -0.05) is 62.4 Å². The van der Waals surface area contributed by atoms with Crippen LogP contribution in [0, 0.1) is 11.3 Å². The van der Waals surface area contributed by atoms with Gasteiger partial charge in [0.15, 0.2) is 12.3 Å². The fourth-order valence-corrected chi connectivity index (χ4v) is 11.3. The average Bonchev–Trinajstić information content (AvgIpc) is 3.69. The van der Waals surface area contributed by atoms with Crippen molar-refractivity contribution in [3.05, 3.63) is 106 Å². The van der Waals surface area contributed by atoms with Crippen LogP contribution in [0.5, 0.6) is 0 Å². The summed E-state index contributed by atoms with van der Waals surface area (Å²) in [6.07, 6.45) is 8.63. The first kappa shape index (κ1) is 33.7. The maximum absolute atomic E-state index is 12.9.